The van der Waals surface area contributed by atoms with Crippen LogP contribution in [0.2, 0.25) is 0 Å². The number of carbonyl (C=O) groups excluding carboxylic acids is 2. The first-order chi connectivity index (χ1) is 9.53. The summed E-state index contributed by atoms with van der Waals surface area (Å²) in [5.74, 6) is -0.855. The minimum Gasteiger partial charge on any atom is -0.368 e. The molecular formula is C14H16FN3O2. The van der Waals surface area contributed by atoms with Crippen molar-refractivity contribution in [3.8, 4) is 0 Å². The van der Waals surface area contributed by atoms with Crippen molar-refractivity contribution in [3.05, 3.63) is 35.6 Å². The maximum absolute atomic E-state index is 13.3. The molecule has 1 heterocycles. The Morgan fingerprint density at radius 1 is 1.40 bits per heavy atom. The van der Waals surface area contributed by atoms with Crippen molar-refractivity contribution in [2.75, 3.05) is 13.2 Å². The number of nitrogens with zero attached hydrogens (tertiary/aromatic N) is 1. The van der Waals surface area contributed by atoms with Gasteiger partial charge in [0.2, 0.25) is 11.8 Å². The van der Waals surface area contributed by atoms with E-state index >= 15 is 0 Å². The normalized spacial score (nSPS) is 23.6. The average molecular weight is 277 g/mol. The molecule has 1 atom stereocenters. The zero-order valence-corrected chi connectivity index (χ0v) is 10.9. The largest absolute Gasteiger partial charge is 0.368 e. The fourth-order valence-electron chi connectivity index (χ4n) is 2.75. The number of amides is 2. The van der Waals surface area contributed by atoms with Crippen LogP contribution in [0.4, 0.5) is 4.39 Å². The summed E-state index contributed by atoms with van der Waals surface area (Å²) in [6, 6.07) is 5.68. The van der Waals surface area contributed by atoms with Gasteiger partial charge in [0.05, 0.1) is 12.1 Å². The molecule has 2 amide bonds. The van der Waals surface area contributed by atoms with Crippen molar-refractivity contribution in [1.29, 1.82) is 0 Å². The predicted molar refractivity (Wildman–Crippen MR) is 70.0 cm³/mol. The van der Waals surface area contributed by atoms with Crippen LogP contribution < -0.4 is 11.1 Å². The minimum absolute atomic E-state index is 0.0562. The third kappa shape index (κ3) is 2.06. The van der Waals surface area contributed by atoms with Crippen LogP contribution in [0.3, 0.4) is 0 Å². The summed E-state index contributed by atoms with van der Waals surface area (Å²) in [6.45, 7) is 0.592. The van der Waals surface area contributed by atoms with Crippen LogP contribution in [-0.4, -0.2) is 36.0 Å². The summed E-state index contributed by atoms with van der Waals surface area (Å²) in [6.07, 6.45) is 1.43. The minimum atomic E-state index is -0.615. The molecule has 1 unspecified atom stereocenters. The Bertz CT molecular complexity index is 571. The van der Waals surface area contributed by atoms with Crippen LogP contribution in [0.5, 0.6) is 0 Å². The van der Waals surface area contributed by atoms with Gasteiger partial charge in [-0.3, -0.25) is 14.9 Å². The summed E-state index contributed by atoms with van der Waals surface area (Å²) in [5, 5.41) is 2.91. The van der Waals surface area contributed by atoms with E-state index in [0.29, 0.717) is 25.1 Å². The molecule has 0 aromatic heterocycles. The van der Waals surface area contributed by atoms with Gasteiger partial charge < -0.3 is 10.6 Å². The number of nitrogens with one attached hydrogen (secondary N) is 1. The summed E-state index contributed by atoms with van der Waals surface area (Å²) in [5.41, 5.74) is 5.32. The second-order valence-corrected chi connectivity index (χ2v) is 5.44. The van der Waals surface area contributed by atoms with Crippen molar-refractivity contribution >= 4 is 11.8 Å². The molecule has 1 saturated heterocycles. The van der Waals surface area contributed by atoms with E-state index < -0.39 is 17.4 Å². The number of halogens is 1. The molecule has 1 saturated carbocycles. The lowest BCUT2D eigenvalue weighted by molar-refractivity contribution is -0.133. The zero-order valence-electron chi connectivity index (χ0n) is 10.9. The third-order valence-corrected chi connectivity index (χ3v) is 4.10. The molecule has 1 aromatic rings. The number of nitrogens with two attached hydrogens (primary N) is 1. The Morgan fingerprint density at radius 3 is 2.70 bits per heavy atom. The molecule has 1 aliphatic carbocycles. The van der Waals surface area contributed by atoms with Crippen molar-refractivity contribution in [2.24, 2.45) is 5.73 Å². The number of hydrogen-bond acceptors (Lipinski definition) is 3. The first-order valence-corrected chi connectivity index (χ1v) is 6.61. The van der Waals surface area contributed by atoms with Crippen LogP contribution in [0.25, 0.3) is 0 Å². The van der Waals surface area contributed by atoms with Crippen LogP contribution in [-0.2, 0) is 15.0 Å². The molecule has 6 heteroatoms. The Morgan fingerprint density at radius 2 is 2.15 bits per heavy atom. The van der Waals surface area contributed by atoms with Gasteiger partial charge in [0.1, 0.15) is 11.9 Å². The molecule has 3 N–H and O–H groups in total. The summed E-state index contributed by atoms with van der Waals surface area (Å²) >= 11 is 0. The Balaban J connectivity index is 1.79. The highest BCUT2D eigenvalue weighted by molar-refractivity contribution is 5.92. The highest BCUT2D eigenvalue weighted by atomic mass is 19.1. The number of rotatable bonds is 3. The lowest BCUT2D eigenvalue weighted by atomic mass is 9.94. The maximum Gasteiger partial charge on any atom is 0.236 e. The molecule has 2 fully saturated rings. The van der Waals surface area contributed by atoms with E-state index in [9.17, 15) is 14.0 Å². The van der Waals surface area contributed by atoms with E-state index in [2.05, 4.69) is 5.32 Å². The molecular weight excluding hydrogens is 261 g/mol. The first kappa shape index (κ1) is 13.1. The van der Waals surface area contributed by atoms with Crippen molar-refractivity contribution in [2.45, 2.75) is 24.3 Å². The quantitative estimate of drug-likeness (QED) is 0.823. The van der Waals surface area contributed by atoms with E-state index in [1.807, 2.05) is 0 Å². The van der Waals surface area contributed by atoms with Crippen molar-refractivity contribution in [1.82, 2.24) is 10.2 Å². The monoisotopic (exact) mass is 277 g/mol. The molecule has 5 nitrogen and oxygen atoms in total. The van der Waals surface area contributed by atoms with E-state index in [0.717, 1.165) is 0 Å². The summed E-state index contributed by atoms with van der Waals surface area (Å²) in [7, 11) is 0. The van der Waals surface area contributed by atoms with Gasteiger partial charge >= 0.3 is 0 Å². The van der Waals surface area contributed by atoms with E-state index in [1.165, 1.54) is 12.1 Å². The molecule has 0 spiro atoms. The number of primary amides is 1. The van der Waals surface area contributed by atoms with Gasteiger partial charge in [0, 0.05) is 6.54 Å². The number of carbonyl (C=O) groups is 2. The first-order valence-electron chi connectivity index (χ1n) is 6.61. The lowest BCUT2D eigenvalue weighted by Crippen LogP contribution is -2.40. The number of hydrogen-bond donors (Lipinski definition) is 2. The van der Waals surface area contributed by atoms with Crippen LogP contribution in [0.1, 0.15) is 18.4 Å². The molecule has 20 heavy (non-hydrogen) atoms. The molecule has 1 aromatic carbocycles. The average Bonchev–Trinajstić information content (AvgIpc) is 3.08. The van der Waals surface area contributed by atoms with Crippen molar-refractivity contribution in [3.63, 3.8) is 0 Å². The van der Waals surface area contributed by atoms with Gasteiger partial charge in [-0.05, 0) is 30.5 Å². The van der Waals surface area contributed by atoms with Gasteiger partial charge in [0.25, 0.3) is 0 Å². The molecule has 0 radical (unpaired) electrons. The SMILES string of the molecule is NC(=O)C1CN(C(=O)C2(c3cccc(F)c3)CC2)CN1. The van der Waals surface area contributed by atoms with E-state index in [4.69, 9.17) is 5.73 Å². The fraction of sp³-hybridized carbons (Fsp3) is 0.429. The molecule has 1 aliphatic heterocycles. The lowest BCUT2D eigenvalue weighted by Gasteiger charge is -2.22. The molecule has 106 valence electrons. The third-order valence-electron chi connectivity index (χ3n) is 4.10. The van der Waals surface area contributed by atoms with Gasteiger partial charge in [-0.1, -0.05) is 12.1 Å². The van der Waals surface area contributed by atoms with Crippen LogP contribution in [0.15, 0.2) is 24.3 Å². The van der Waals surface area contributed by atoms with E-state index in [-0.39, 0.29) is 18.3 Å². The smallest absolute Gasteiger partial charge is 0.236 e. The summed E-state index contributed by atoms with van der Waals surface area (Å²) in [4.78, 5) is 25.3. The molecule has 0 bridgehead atoms. The van der Waals surface area contributed by atoms with Gasteiger partial charge in [-0.2, -0.15) is 0 Å². The molecule has 2 aliphatic rings. The Hall–Kier alpha value is -1.95. The van der Waals surface area contributed by atoms with Gasteiger partial charge in [-0.25, -0.2) is 4.39 Å². The highest BCUT2D eigenvalue weighted by Crippen LogP contribution is 2.49. The van der Waals surface area contributed by atoms with E-state index in [1.54, 1.807) is 17.0 Å². The predicted octanol–water partition coefficient (Wildman–Crippen LogP) is 0.101. The molecule has 3 rings (SSSR count). The van der Waals surface area contributed by atoms with Crippen molar-refractivity contribution < 1.29 is 14.0 Å². The summed E-state index contributed by atoms with van der Waals surface area (Å²) < 4.78 is 13.3. The standard InChI is InChI=1S/C14H16FN3O2/c15-10-3-1-2-9(6-10)14(4-5-14)13(20)18-7-11(12(16)19)17-8-18/h1-3,6,11,17H,4-5,7-8H2,(H2,16,19). The highest BCUT2D eigenvalue weighted by Gasteiger charge is 2.54. The van der Waals surface area contributed by atoms with Crippen LogP contribution >= 0.6 is 0 Å². The fourth-order valence-corrected chi connectivity index (χ4v) is 2.75. The van der Waals surface area contributed by atoms with Crippen LogP contribution in [0, 0.1) is 5.82 Å². The Labute approximate surface area is 115 Å². The topological polar surface area (TPSA) is 75.4 Å². The van der Waals surface area contributed by atoms with Gasteiger partial charge in [0.15, 0.2) is 0 Å². The number of benzene rings is 1. The second kappa shape index (κ2) is 4.56. The second-order valence-electron chi connectivity index (χ2n) is 5.44. The van der Waals surface area contributed by atoms with Gasteiger partial charge in [-0.15, -0.1) is 0 Å². The Kier molecular flexibility index (Phi) is 2.97. The zero-order chi connectivity index (χ0) is 14.3. The maximum atomic E-state index is 13.3.